The number of likely N-dealkylation sites (N-methyl/N-ethyl adjacent to an activating group) is 1. The van der Waals surface area contributed by atoms with E-state index in [-0.39, 0.29) is 16.8 Å². The van der Waals surface area contributed by atoms with Gasteiger partial charge in [-0.05, 0) is 49.7 Å². The lowest BCUT2D eigenvalue weighted by molar-refractivity contribution is 0.0659. The van der Waals surface area contributed by atoms with Crippen molar-refractivity contribution in [3.05, 3.63) is 99.0 Å². The number of rotatable bonds is 9. The number of amides is 1. The quantitative estimate of drug-likeness (QED) is 0.455. The van der Waals surface area contributed by atoms with Crippen LogP contribution in [-0.4, -0.2) is 45.9 Å². The second kappa shape index (κ2) is 11.1. The molecule has 0 fully saturated rings. The molecule has 1 aliphatic carbocycles. The first kappa shape index (κ1) is 25.1. The van der Waals surface area contributed by atoms with Gasteiger partial charge in [-0.25, -0.2) is 9.37 Å². The van der Waals surface area contributed by atoms with Crippen molar-refractivity contribution in [1.82, 2.24) is 19.8 Å². The maximum Gasteiger partial charge on any atom is 0.257 e. The number of nitrogens with one attached hydrogen (secondary N) is 1. The van der Waals surface area contributed by atoms with E-state index < -0.39 is 11.9 Å². The monoisotopic (exact) mass is 496 g/mol. The van der Waals surface area contributed by atoms with E-state index in [1.165, 1.54) is 24.3 Å². The molecule has 1 N–H and O–H groups in total. The van der Waals surface area contributed by atoms with E-state index in [0.717, 1.165) is 11.3 Å². The summed E-state index contributed by atoms with van der Waals surface area (Å²) in [5.74, 6) is -0.0799. The van der Waals surface area contributed by atoms with Gasteiger partial charge in [-0.1, -0.05) is 37.3 Å². The van der Waals surface area contributed by atoms with Crippen LogP contribution in [0.25, 0.3) is 0 Å². The highest BCUT2D eigenvalue weighted by atomic mass is 35.5. The molecule has 0 aliphatic heterocycles. The van der Waals surface area contributed by atoms with Gasteiger partial charge in [-0.2, -0.15) is 0 Å². The number of hydrogen-bond acceptors (Lipinski definition) is 4. The van der Waals surface area contributed by atoms with Crippen LogP contribution in [0.4, 0.5) is 4.39 Å². The fourth-order valence-corrected chi connectivity index (χ4v) is 4.94. The molecule has 3 aromatic rings. The zero-order valence-electron chi connectivity index (χ0n) is 20.0. The topological polar surface area (TPSA) is 67.2 Å². The Morgan fingerprint density at radius 3 is 2.57 bits per heavy atom. The van der Waals surface area contributed by atoms with Crippen molar-refractivity contribution in [3.63, 3.8) is 0 Å². The van der Waals surface area contributed by atoms with Crippen LogP contribution in [0.15, 0.2) is 59.4 Å². The summed E-state index contributed by atoms with van der Waals surface area (Å²) in [5, 5.41) is 2.94. The molecule has 4 rings (SSSR count). The molecule has 0 bridgehead atoms. The van der Waals surface area contributed by atoms with Gasteiger partial charge in [0.2, 0.25) is 0 Å². The summed E-state index contributed by atoms with van der Waals surface area (Å²) in [7, 11) is 1.82. The maximum absolute atomic E-state index is 13.7. The molecular formula is C27H30ClFN4O2. The van der Waals surface area contributed by atoms with Gasteiger partial charge in [0.05, 0.1) is 18.3 Å². The summed E-state index contributed by atoms with van der Waals surface area (Å²) < 4.78 is 15.2. The van der Waals surface area contributed by atoms with Crippen molar-refractivity contribution in [2.24, 2.45) is 0 Å². The average Bonchev–Trinajstić information content (AvgIpc) is 3.25. The minimum atomic E-state index is -0.447. The number of fused-ring (bicyclic) bond motifs is 1. The summed E-state index contributed by atoms with van der Waals surface area (Å²) in [4.78, 5) is 34.0. The van der Waals surface area contributed by atoms with Crippen LogP contribution in [0.5, 0.6) is 0 Å². The third-order valence-electron chi connectivity index (χ3n) is 6.42. The van der Waals surface area contributed by atoms with E-state index in [1.807, 2.05) is 44.3 Å². The second-order valence-electron chi connectivity index (χ2n) is 8.81. The van der Waals surface area contributed by atoms with Crippen LogP contribution < -0.4 is 10.9 Å². The van der Waals surface area contributed by atoms with Gasteiger partial charge in [0.15, 0.2) is 0 Å². The standard InChI is InChI=1S/C27H30ClFN4O2/c1-3-24(32(14-13-30-2)26(34)19-9-11-21(29)12-10-19)25-31-23-16-20(28)15-22(23)27(35)33(25)17-18-7-5-4-6-8-18/h4-12,20,24,30H,3,13-17H2,1-2H3. The predicted octanol–water partition coefficient (Wildman–Crippen LogP) is 3.95. The van der Waals surface area contributed by atoms with Gasteiger partial charge in [0.1, 0.15) is 11.6 Å². The number of halogens is 2. The number of alkyl halides is 1. The Bertz CT molecular complexity index is 1230. The fraction of sp³-hybridized carbons (Fsp3) is 0.370. The van der Waals surface area contributed by atoms with Gasteiger partial charge in [-0.3, -0.25) is 14.2 Å². The first-order valence-electron chi connectivity index (χ1n) is 11.9. The number of aromatic nitrogens is 2. The van der Waals surface area contributed by atoms with Crippen LogP contribution in [0.2, 0.25) is 0 Å². The first-order chi connectivity index (χ1) is 16.9. The van der Waals surface area contributed by atoms with Crippen LogP contribution >= 0.6 is 11.6 Å². The van der Waals surface area contributed by atoms with Crippen LogP contribution in [0, 0.1) is 5.82 Å². The summed E-state index contributed by atoms with van der Waals surface area (Å²) in [6.07, 6.45) is 1.58. The van der Waals surface area contributed by atoms with Gasteiger partial charge in [0.25, 0.3) is 11.5 Å². The maximum atomic E-state index is 13.7. The number of carbonyl (C=O) groups is 1. The van der Waals surface area contributed by atoms with Crippen molar-refractivity contribution in [1.29, 1.82) is 0 Å². The molecule has 2 aromatic carbocycles. The molecule has 0 spiro atoms. The zero-order chi connectivity index (χ0) is 24.9. The highest BCUT2D eigenvalue weighted by molar-refractivity contribution is 6.21. The Hall–Kier alpha value is -3.03. The van der Waals surface area contributed by atoms with Crippen molar-refractivity contribution in [3.8, 4) is 0 Å². The van der Waals surface area contributed by atoms with Gasteiger partial charge < -0.3 is 10.2 Å². The molecule has 2 atom stereocenters. The fourth-order valence-electron chi connectivity index (χ4n) is 4.64. The predicted molar refractivity (Wildman–Crippen MR) is 135 cm³/mol. The molecule has 6 nitrogen and oxygen atoms in total. The molecule has 184 valence electrons. The summed E-state index contributed by atoms with van der Waals surface area (Å²) in [6, 6.07) is 14.8. The Balaban J connectivity index is 1.82. The van der Waals surface area contributed by atoms with E-state index >= 15 is 0 Å². The molecule has 1 aliphatic rings. The van der Waals surface area contributed by atoms with Crippen molar-refractivity contribution in [2.45, 2.75) is 44.1 Å². The summed E-state index contributed by atoms with van der Waals surface area (Å²) in [6.45, 7) is 3.29. The molecular weight excluding hydrogens is 467 g/mol. The van der Waals surface area contributed by atoms with Gasteiger partial charge >= 0.3 is 0 Å². The average molecular weight is 497 g/mol. The summed E-state index contributed by atoms with van der Waals surface area (Å²) >= 11 is 6.41. The molecule has 2 unspecified atom stereocenters. The largest absolute Gasteiger partial charge is 0.327 e. The zero-order valence-corrected chi connectivity index (χ0v) is 20.8. The smallest absolute Gasteiger partial charge is 0.257 e. The Morgan fingerprint density at radius 2 is 1.91 bits per heavy atom. The normalized spacial score (nSPS) is 15.6. The van der Waals surface area contributed by atoms with Crippen LogP contribution in [0.3, 0.4) is 0 Å². The molecule has 35 heavy (non-hydrogen) atoms. The lowest BCUT2D eigenvalue weighted by Crippen LogP contribution is -2.42. The van der Waals surface area contributed by atoms with Crippen molar-refractivity contribution >= 4 is 17.5 Å². The molecule has 1 amide bonds. The number of benzene rings is 2. The lowest BCUT2D eigenvalue weighted by atomic mass is 10.1. The minimum absolute atomic E-state index is 0.0988. The highest BCUT2D eigenvalue weighted by Crippen LogP contribution is 2.28. The van der Waals surface area contributed by atoms with Crippen LogP contribution in [0.1, 0.15) is 52.4 Å². The molecule has 8 heteroatoms. The Kier molecular flexibility index (Phi) is 7.98. The number of nitrogens with zero attached hydrogens (tertiary/aromatic N) is 3. The third-order valence-corrected chi connectivity index (χ3v) is 6.73. The number of hydrogen-bond donors (Lipinski definition) is 1. The molecule has 0 radical (unpaired) electrons. The Labute approximate surface area is 209 Å². The molecule has 1 aromatic heterocycles. The van der Waals surface area contributed by atoms with Crippen molar-refractivity contribution < 1.29 is 9.18 Å². The van der Waals surface area contributed by atoms with Crippen molar-refractivity contribution in [2.75, 3.05) is 20.1 Å². The second-order valence-corrected chi connectivity index (χ2v) is 9.43. The van der Waals surface area contributed by atoms with E-state index in [1.54, 1.807) is 9.47 Å². The van der Waals surface area contributed by atoms with Crippen LogP contribution in [-0.2, 0) is 19.4 Å². The minimum Gasteiger partial charge on any atom is -0.327 e. The van der Waals surface area contributed by atoms with E-state index in [4.69, 9.17) is 16.6 Å². The first-order valence-corrected chi connectivity index (χ1v) is 12.4. The Morgan fingerprint density at radius 1 is 1.20 bits per heavy atom. The molecule has 0 saturated heterocycles. The lowest BCUT2D eigenvalue weighted by Gasteiger charge is -2.32. The van der Waals surface area contributed by atoms with E-state index in [2.05, 4.69) is 5.32 Å². The van der Waals surface area contributed by atoms with E-state index in [0.29, 0.717) is 55.8 Å². The molecule has 1 heterocycles. The van der Waals surface area contributed by atoms with E-state index in [9.17, 15) is 14.0 Å². The summed E-state index contributed by atoms with van der Waals surface area (Å²) in [5.41, 5.74) is 2.64. The number of carbonyl (C=O) groups excluding carboxylic acids is 1. The third kappa shape index (κ3) is 5.46. The SMILES string of the molecule is CCC(c1nc2c(c(=O)n1Cc1ccccc1)CC(Cl)C2)N(CCNC)C(=O)c1ccc(F)cc1. The molecule has 0 saturated carbocycles. The van der Waals surface area contributed by atoms with Gasteiger partial charge in [-0.15, -0.1) is 11.6 Å². The van der Waals surface area contributed by atoms with Gasteiger partial charge in [0, 0.05) is 36.0 Å². The highest BCUT2D eigenvalue weighted by Gasteiger charge is 2.32.